The quantitative estimate of drug-likeness (QED) is 0.567. The van der Waals surface area contributed by atoms with Crippen LogP contribution in [0, 0.1) is 12.1 Å². The third-order valence-electron chi connectivity index (χ3n) is 3.62. The highest BCUT2D eigenvalue weighted by atomic mass is 15.3. The van der Waals surface area contributed by atoms with Crippen molar-refractivity contribution in [3.05, 3.63) is 91.0 Å². The van der Waals surface area contributed by atoms with Gasteiger partial charge in [-0.15, -0.1) is 10.2 Å². The Kier molecular flexibility index (Phi) is 3.34. The van der Waals surface area contributed by atoms with Crippen LogP contribution in [0.2, 0.25) is 0 Å². The largest absolute Gasteiger partial charge is 0.275 e. The highest BCUT2D eigenvalue weighted by molar-refractivity contribution is 5.66. The van der Waals surface area contributed by atoms with Gasteiger partial charge in [0.25, 0.3) is 0 Å². The number of nitrogens with zero attached hydrogens (tertiary/aromatic N) is 3. The van der Waals surface area contributed by atoms with Gasteiger partial charge < -0.3 is 0 Å². The number of hydrogen-bond acceptors (Lipinski definition) is 2. The lowest BCUT2D eigenvalue weighted by Crippen LogP contribution is -1.99. The van der Waals surface area contributed by atoms with Crippen LogP contribution in [0.3, 0.4) is 0 Å². The van der Waals surface area contributed by atoms with Gasteiger partial charge in [-0.25, -0.2) is 0 Å². The average molecular weight is 295 g/mol. The molecule has 1 heterocycles. The van der Waals surface area contributed by atoms with Crippen LogP contribution in [0.4, 0.5) is 0 Å². The Morgan fingerprint density at radius 1 is 0.652 bits per heavy atom. The molecule has 4 aromatic rings. The Balaban J connectivity index is 1.97. The molecule has 1 aromatic heterocycles. The van der Waals surface area contributed by atoms with E-state index in [0.29, 0.717) is 0 Å². The maximum atomic E-state index is 4.43. The second kappa shape index (κ2) is 5.78. The molecule has 3 heteroatoms. The molecule has 4 rings (SSSR count). The Bertz CT molecular complexity index is 841. The summed E-state index contributed by atoms with van der Waals surface area (Å²) in [4.78, 5) is 0. The van der Waals surface area contributed by atoms with Crippen molar-refractivity contribution >= 4 is 0 Å². The van der Waals surface area contributed by atoms with Crippen molar-refractivity contribution in [1.82, 2.24) is 14.8 Å². The second-order valence-electron chi connectivity index (χ2n) is 5.11. The third-order valence-corrected chi connectivity index (χ3v) is 3.62. The van der Waals surface area contributed by atoms with E-state index in [0.717, 1.165) is 28.5 Å². The zero-order valence-electron chi connectivity index (χ0n) is 12.3. The molecule has 0 saturated heterocycles. The summed E-state index contributed by atoms with van der Waals surface area (Å²) < 4.78 is 2.07. The lowest BCUT2D eigenvalue weighted by molar-refractivity contribution is 1.07. The van der Waals surface area contributed by atoms with Crippen LogP contribution in [0.5, 0.6) is 0 Å². The van der Waals surface area contributed by atoms with E-state index in [9.17, 15) is 0 Å². The number of rotatable bonds is 3. The number of benzene rings is 2. The maximum absolute atomic E-state index is 4.43. The van der Waals surface area contributed by atoms with Gasteiger partial charge in [0, 0.05) is 16.8 Å². The van der Waals surface area contributed by atoms with Gasteiger partial charge in [-0.05, 0) is 30.3 Å². The van der Waals surface area contributed by atoms with Crippen LogP contribution in [0.25, 0.3) is 28.5 Å². The van der Waals surface area contributed by atoms with Crippen molar-refractivity contribution in [1.29, 1.82) is 0 Å². The molecule has 3 nitrogen and oxygen atoms in total. The van der Waals surface area contributed by atoms with Crippen LogP contribution >= 0.6 is 0 Å². The summed E-state index contributed by atoms with van der Waals surface area (Å²) >= 11 is 0. The standard InChI is InChI=1S/C20H13N3/c1-4-10-16(11-5-1)19-21-22-20(17-12-6-2-7-13-17)23(19)18-14-8-3-9-15-18/h1,3-6,8-15H. The highest BCUT2D eigenvalue weighted by Gasteiger charge is 2.16. The van der Waals surface area contributed by atoms with Gasteiger partial charge in [-0.2, -0.15) is 0 Å². The van der Waals surface area contributed by atoms with Crippen LogP contribution < -0.4 is 0 Å². The molecule has 0 bridgehead atoms. The van der Waals surface area contributed by atoms with Gasteiger partial charge in [0.1, 0.15) is 0 Å². The lowest BCUT2D eigenvalue weighted by Gasteiger charge is -2.10. The Morgan fingerprint density at radius 2 is 1.30 bits per heavy atom. The number of aromatic nitrogens is 3. The summed E-state index contributed by atoms with van der Waals surface area (Å²) in [5.41, 5.74) is 3.02. The molecule has 23 heavy (non-hydrogen) atoms. The Hall–Kier alpha value is -3.38. The monoisotopic (exact) mass is 295 g/mol. The zero-order valence-corrected chi connectivity index (χ0v) is 12.3. The highest BCUT2D eigenvalue weighted by Crippen LogP contribution is 2.27. The minimum atomic E-state index is 0.792. The summed E-state index contributed by atoms with van der Waals surface area (Å²) in [5, 5.41) is 8.85. The molecule has 3 aromatic carbocycles. The molecule has 0 radical (unpaired) electrons. The predicted molar refractivity (Wildman–Crippen MR) is 89.9 cm³/mol. The Labute approximate surface area is 134 Å². The molecule has 0 aliphatic heterocycles. The minimum Gasteiger partial charge on any atom is -0.275 e. The fraction of sp³-hybridized carbons (Fsp3) is 0. The molecule has 0 spiro atoms. The maximum Gasteiger partial charge on any atom is 0.169 e. The molecular formula is C20H13N3. The van der Waals surface area contributed by atoms with E-state index in [1.165, 1.54) is 0 Å². The average Bonchev–Trinajstić information content (AvgIpc) is 3.09. The van der Waals surface area contributed by atoms with Crippen molar-refractivity contribution in [2.75, 3.05) is 0 Å². The summed E-state index contributed by atoms with van der Waals surface area (Å²) in [6.07, 6.45) is 0. The van der Waals surface area contributed by atoms with Crippen LogP contribution in [-0.4, -0.2) is 14.8 Å². The fourth-order valence-corrected chi connectivity index (χ4v) is 2.55. The van der Waals surface area contributed by atoms with E-state index in [1.807, 2.05) is 66.7 Å². The van der Waals surface area contributed by atoms with Gasteiger partial charge in [-0.1, -0.05) is 60.7 Å². The van der Waals surface area contributed by atoms with Gasteiger partial charge in [0.15, 0.2) is 11.6 Å². The SMILES string of the molecule is c1ccc(-c2nnc(-c3ccccc3)n2-c2ccccc2)cc#1. The first-order chi connectivity index (χ1) is 11.4. The normalized spacial score (nSPS) is 10.3. The molecular weight excluding hydrogens is 282 g/mol. The first kappa shape index (κ1) is 13.3. The topological polar surface area (TPSA) is 30.7 Å². The molecule has 0 saturated carbocycles. The first-order valence-corrected chi connectivity index (χ1v) is 7.38. The summed E-state index contributed by atoms with van der Waals surface area (Å²) in [6, 6.07) is 31.8. The molecule has 0 N–H and O–H groups in total. The summed E-state index contributed by atoms with van der Waals surface area (Å²) in [5.74, 6) is 1.61. The lowest BCUT2D eigenvalue weighted by atomic mass is 10.2. The molecule has 0 fully saturated rings. The number of hydrogen-bond donors (Lipinski definition) is 0. The smallest absolute Gasteiger partial charge is 0.169 e. The zero-order chi connectivity index (χ0) is 15.5. The van der Waals surface area contributed by atoms with E-state index in [-0.39, 0.29) is 0 Å². The third kappa shape index (κ3) is 2.47. The van der Waals surface area contributed by atoms with E-state index in [1.54, 1.807) is 0 Å². The molecule has 0 aliphatic carbocycles. The Morgan fingerprint density at radius 3 is 1.96 bits per heavy atom. The van der Waals surface area contributed by atoms with Gasteiger partial charge >= 0.3 is 0 Å². The van der Waals surface area contributed by atoms with Gasteiger partial charge in [-0.3, -0.25) is 4.57 Å². The van der Waals surface area contributed by atoms with Crippen molar-refractivity contribution in [3.63, 3.8) is 0 Å². The van der Waals surface area contributed by atoms with Crippen molar-refractivity contribution in [3.8, 4) is 28.5 Å². The fourth-order valence-electron chi connectivity index (χ4n) is 2.55. The van der Waals surface area contributed by atoms with Crippen molar-refractivity contribution < 1.29 is 0 Å². The number of para-hydroxylation sites is 1. The van der Waals surface area contributed by atoms with Gasteiger partial charge in [0.05, 0.1) is 0 Å². The van der Waals surface area contributed by atoms with E-state index in [4.69, 9.17) is 0 Å². The predicted octanol–water partition coefficient (Wildman–Crippen LogP) is 4.20. The molecule has 0 atom stereocenters. The van der Waals surface area contributed by atoms with Gasteiger partial charge in [0.2, 0.25) is 0 Å². The summed E-state index contributed by atoms with van der Waals surface area (Å²) in [6.45, 7) is 0. The van der Waals surface area contributed by atoms with Crippen LogP contribution in [0.15, 0.2) is 78.9 Å². The van der Waals surface area contributed by atoms with Crippen LogP contribution in [0.1, 0.15) is 0 Å². The van der Waals surface area contributed by atoms with Crippen molar-refractivity contribution in [2.45, 2.75) is 0 Å². The molecule has 0 amide bonds. The van der Waals surface area contributed by atoms with E-state index in [2.05, 4.69) is 39.0 Å². The first-order valence-electron chi connectivity index (χ1n) is 7.38. The molecule has 108 valence electrons. The van der Waals surface area contributed by atoms with E-state index >= 15 is 0 Å². The van der Waals surface area contributed by atoms with Crippen molar-refractivity contribution in [2.24, 2.45) is 0 Å². The summed E-state index contributed by atoms with van der Waals surface area (Å²) in [7, 11) is 0. The second-order valence-corrected chi connectivity index (χ2v) is 5.11. The molecule has 0 unspecified atom stereocenters. The van der Waals surface area contributed by atoms with Crippen LogP contribution in [-0.2, 0) is 0 Å². The minimum absolute atomic E-state index is 0.792. The molecule has 0 aliphatic rings. The van der Waals surface area contributed by atoms with E-state index < -0.39 is 0 Å².